The van der Waals surface area contributed by atoms with Crippen molar-refractivity contribution in [3.05, 3.63) is 71.5 Å². The van der Waals surface area contributed by atoms with Gasteiger partial charge in [-0.2, -0.15) is 0 Å². The second-order valence-corrected chi connectivity index (χ2v) is 5.50. The van der Waals surface area contributed by atoms with Crippen LogP contribution in [-0.2, 0) is 6.54 Å². The Morgan fingerprint density at radius 1 is 1.00 bits per heavy atom. The first-order valence-corrected chi connectivity index (χ1v) is 7.00. The monoisotopic (exact) mass is 306 g/mol. The number of hydrogen-bond acceptors (Lipinski definition) is 2. The predicted octanol–water partition coefficient (Wildman–Crippen LogP) is 3.17. The van der Waals surface area contributed by atoms with Gasteiger partial charge in [-0.3, -0.25) is 4.90 Å². The second-order valence-electron chi connectivity index (χ2n) is 5.50. The highest BCUT2D eigenvalue weighted by molar-refractivity contribution is 5.85. The standard InChI is InChI=1S/C17H19FN2.ClH/c18-15-8-6-13(7-9-15)10-20-11-16(17(19)12-20)14-4-2-1-3-5-14;/h1-9,16-17H,10-12,19H2;1H/t16-,17+;/m0./s1. The van der Waals surface area contributed by atoms with E-state index in [1.54, 1.807) is 0 Å². The first-order valence-electron chi connectivity index (χ1n) is 7.00. The fourth-order valence-corrected chi connectivity index (χ4v) is 2.94. The molecule has 1 aliphatic rings. The number of hydrogen-bond donors (Lipinski definition) is 1. The van der Waals surface area contributed by atoms with Crippen molar-refractivity contribution in [3.8, 4) is 0 Å². The maximum absolute atomic E-state index is 12.9. The summed E-state index contributed by atoms with van der Waals surface area (Å²) in [5.41, 5.74) is 8.72. The molecule has 1 heterocycles. The number of benzene rings is 2. The normalized spacial score (nSPS) is 22.0. The molecule has 1 fully saturated rings. The zero-order valence-corrected chi connectivity index (χ0v) is 12.6. The molecule has 0 saturated carbocycles. The van der Waals surface area contributed by atoms with Crippen molar-refractivity contribution in [1.82, 2.24) is 4.90 Å². The van der Waals surface area contributed by atoms with E-state index in [1.165, 1.54) is 17.7 Å². The van der Waals surface area contributed by atoms with E-state index in [-0.39, 0.29) is 24.3 Å². The third kappa shape index (κ3) is 3.82. The van der Waals surface area contributed by atoms with Crippen LogP contribution in [0.15, 0.2) is 54.6 Å². The SMILES string of the molecule is Cl.N[C@@H]1CN(Cc2ccc(F)cc2)C[C@H]1c1ccccc1. The number of likely N-dealkylation sites (tertiary alicyclic amines) is 1. The second kappa shape index (κ2) is 7.03. The van der Waals surface area contributed by atoms with Crippen molar-refractivity contribution >= 4 is 12.4 Å². The molecular weight excluding hydrogens is 287 g/mol. The van der Waals surface area contributed by atoms with Gasteiger partial charge in [-0.1, -0.05) is 42.5 Å². The van der Waals surface area contributed by atoms with E-state index in [0.717, 1.165) is 25.2 Å². The Morgan fingerprint density at radius 2 is 1.67 bits per heavy atom. The molecule has 1 aliphatic heterocycles. The summed E-state index contributed by atoms with van der Waals surface area (Å²) >= 11 is 0. The van der Waals surface area contributed by atoms with Crippen LogP contribution >= 0.6 is 12.4 Å². The van der Waals surface area contributed by atoms with Gasteiger partial charge in [0.25, 0.3) is 0 Å². The summed E-state index contributed by atoms with van der Waals surface area (Å²) in [7, 11) is 0. The van der Waals surface area contributed by atoms with E-state index in [1.807, 2.05) is 18.2 Å². The first kappa shape index (κ1) is 16.0. The highest BCUT2D eigenvalue weighted by atomic mass is 35.5. The highest BCUT2D eigenvalue weighted by Crippen LogP contribution is 2.27. The molecule has 2 N–H and O–H groups in total. The molecule has 0 radical (unpaired) electrons. The Bertz CT molecular complexity index is 559. The van der Waals surface area contributed by atoms with Crippen molar-refractivity contribution in [1.29, 1.82) is 0 Å². The van der Waals surface area contributed by atoms with Crippen LogP contribution in [0.4, 0.5) is 4.39 Å². The van der Waals surface area contributed by atoms with Crippen LogP contribution in [0.25, 0.3) is 0 Å². The zero-order valence-electron chi connectivity index (χ0n) is 11.8. The lowest BCUT2D eigenvalue weighted by Crippen LogP contribution is -2.28. The molecule has 3 rings (SSSR count). The van der Waals surface area contributed by atoms with Crippen molar-refractivity contribution in [2.75, 3.05) is 13.1 Å². The van der Waals surface area contributed by atoms with E-state index in [9.17, 15) is 4.39 Å². The van der Waals surface area contributed by atoms with E-state index in [2.05, 4.69) is 29.2 Å². The van der Waals surface area contributed by atoms with Crippen LogP contribution in [-0.4, -0.2) is 24.0 Å². The van der Waals surface area contributed by atoms with Crippen LogP contribution in [0.3, 0.4) is 0 Å². The maximum atomic E-state index is 12.9. The van der Waals surface area contributed by atoms with Gasteiger partial charge in [-0.25, -0.2) is 4.39 Å². The molecule has 2 aromatic carbocycles. The van der Waals surface area contributed by atoms with Crippen LogP contribution in [0, 0.1) is 5.82 Å². The molecular formula is C17H20ClFN2. The van der Waals surface area contributed by atoms with E-state index in [0.29, 0.717) is 5.92 Å². The molecule has 2 aromatic rings. The lowest BCUT2D eigenvalue weighted by molar-refractivity contribution is 0.323. The van der Waals surface area contributed by atoms with Gasteiger partial charge in [-0.15, -0.1) is 12.4 Å². The van der Waals surface area contributed by atoms with Gasteiger partial charge in [0.2, 0.25) is 0 Å². The lowest BCUT2D eigenvalue weighted by atomic mass is 9.95. The van der Waals surface area contributed by atoms with Crippen LogP contribution in [0.1, 0.15) is 17.0 Å². The Hall–Kier alpha value is -1.42. The maximum Gasteiger partial charge on any atom is 0.123 e. The van der Waals surface area contributed by atoms with Crippen molar-refractivity contribution in [2.45, 2.75) is 18.5 Å². The van der Waals surface area contributed by atoms with Gasteiger partial charge in [0.1, 0.15) is 5.82 Å². The van der Waals surface area contributed by atoms with E-state index < -0.39 is 0 Å². The van der Waals surface area contributed by atoms with Crippen molar-refractivity contribution < 1.29 is 4.39 Å². The van der Waals surface area contributed by atoms with Crippen LogP contribution < -0.4 is 5.73 Å². The Balaban J connectivity index is 0.00000161. The summed E-state index contributed by atoms with van der Waals surface area (Å²) < 4.78 is 12.9. The van der Waals surface area contributed by atoms with Gasteiger partial charge in [0.05, 0.1) is 0 Å². The fourth-order valence-electron chi connectivity index (χ4n) is 2.94. The number of rotatable bonds is 3. The van der Waals surface area contributed by atoms with Gasteiger partial charge in [-0.05, 0) is 23.3 Å². The minimum absolute atomic E-state index is 0. The number of halogens is 2. The van der Waals surface area contributed by atoms with Crippen molar-refractivity contribution in [2.24, 2.45) is 5.73 Å². The summed E-state index contributed by atoms with van der Waals surface area (Å²) in [5, 5.41) is 0. The summed E-state index contributed by atoms with van der Waals surface area (Å²) in [6.07, 6.45) is 0. The molecule has 2 atom stereocenters. The number of nitrogens with two attached hydrogens (primary N) is 1. The molecule has 21 heavy (non-hydrogen) atoms. The minimum atomic E-state index is -0.186. The molecule has 4 heteroatoms. The largest absolute Gasteiger partial charge is 0.326 e. The quantitative estimate of drug-likeness (QED) is 0.944. The molecule has 0 aliphatic carbocycles. The zero-order chi connectivity index (χ0) is 13.9. The van der Waals surface area contributed by atoms with E-state index >= 15 is 0 Å². The molecule has 0 spiro atoms. The molecule has 0 unspecified atom stereocenters. The lowest BCUT2D eigenvalue weighted by Gasteiger charge is -2.16. The Morgan fingerprint density at radius 3 is 2.33 bits per heavy atom. The summed E-state index contributed by atoms with van der Waals surface area (Å²) in [6.45, 7) is 2.68. The summed E-state index contributed by atoms with van der Waals surface area (Å²) in [5.74, 6) is 0.200. The third-order valence-corrected chi connectivity index (χ3v) is 3.99. The topological polar surface area (TPSA) is 29.3 Å². The van der Waals surface area contributed by atoms with Crippen LogP contribution in [0.5, 0.6) is 0 Å². The first-order chi connectivity index (χ1) is 9.72. The molecule has 112 valence electrons. The smallest absolute Gasteiger partial charge is 0.123 e. The minimum Gasteiger partial charge on any atom is -0.326 e. The Labute approximate surface area is 131 Å². The molecule has 0 amide bonds. The average Bonchev–Trinajstić information content (AvgIpc) is 2.83. The molecule has 0 aromatic heterocycles. The summed E-state index contributed by atoms with van der Waals surface area (Å²) in [6, 6.07) is 17.3. The molecule has 2 nitrogen and oxygen atoms in total. The summed E-state index contributed by atoms with van der Waals surface area (Å²) in [4.78, 5) is 2.34. The van der Waals surface area contributed by atoms with Gasteiger partial charge >= 0.3 is 0 Å². The Kier molecular flexibility index (Phi) is 5.34. The van der Waals surface area contributed by atoms with Gasteiger partial charge < -0.3 is 5.73 Å². The van der Waals surface area contributed by atoms with Gasteiger partial charge in [0.15, 0.2) is 0 Å². The van der Waals surface area contributed by atoms with E-state index in [4.69, 9.17) is 5.73 Å². The van der Waals surface area contributed by atoms with Crippen molar-refractivity contribution in [3.63, 3.8) is 0 Å². The number of nitrogens with zero attached hydrogens (tertiary/aromatic N) is 1. The fraction of sp³-hybridized carbons (Fsp3) is 0.294. The average molecular weight is 307 g/mol. The highest BCUT2D eigenvalue weighted by Gasteiger charge is 2.30. The molecule has 1 saturated heterocycles. The predicted molar refractivity (Wildman–Crippen MR) is 86.1 cm³/mol. The van der Waals surface area contributed by atoms with Gasteiger partial charge in [0, 0.05) is 31.6 Å². The third-order valence-electron chi connectivity index (χ3n) is 3.99. The van der Waals surface area contributed by atoms with Crippen LogP contribution in [0.2, 0.25) is 0 Å². The molecule has 0 bridgehead atoms.